The van der Waals surface area contributed by atoms with E-state index in [9.17, 15) is 17.2 Å². The number of aromatic nitrogens is 1. The Hall–Kier alpha value is -3.04. The zero-order chi connectivity index (χ0) is 22.0. The molecule has 4 rings (SSSR count). The Kier molecular flexibility index (Phi) is 5.88. The molecule has 0 atom stereocenters. The first-order valence-corrected chi connectivity index (χ1v) is 11.4. The van der Waals surface area contributed by atoms with Gasteiger partial charge in [0.05, 0.1) is 10.5 Å². The molecule has 0 spiro atoms. The van der Waals surface area contributed by atoms with Gasteiger partial charge in [0.25, 0.3) is 0 Å². The zero-order valence-corrected chi connectivity index (χ0v) is 18.3. The van der Waals surface area contributed by atoms with Crippen LogP contribution >= 0.6 is 15.9 Å². The van der Waals surface area contributed by atoms with E-state index < -0.39 is 15.7 Å². The fourth-order valence-corrected chi connectivity index (χ4v) is 4.40. The van der Waals surface area contributed by atoms with E-state index in [1.54, 1.807) is 30.3 Å². The fourth-order valence-electron chi connectivity index (χ4n) is 2.86. The standard InChI is InChI=1S/C22H15BrF2N2O3S/c23-15-7-11-17(12-8-15)31(28,29)22-21(26-13-14-5-9-16(24)10-6-14)30-20(27-22)18-3-1-2-4-19(18)25/h1-12,26H,13H2. The van der Waals surface area contributed by atoms with Crippen molar-refractivity contribution in [2.45, 2.75) is 16.5 Å². The molecule has 0 bridgehead atoms. The van der Waals surface area contributed by atoms with Gasteiger partial charge >= 0.3 is 0 Å². The molecule has 9 heteroatoms. The van der Waals surface area contributed by atoms with Gasteiger partial charge in [-0.1, -0.05) is 40.2 Å². The highest BCUT2D eigenvalue weighted by molar-refractivity contribution is 9.10. The summed E-state index contributed by atoms with van der Waals surface area (Å²) >= 11 is 3.27. The van der Waals surface area contributed by atoms with Crippen molar-refractivity contribution < 1.29 is 21.6 Å². The predicted molar refractivity (Wildman–Crippen MR) is 115 cm³/mol. The molecule has 158 valence electrons. The number of rotatable bonds is 6. The summed E-state index contributed by atoms with van der Waals surface area (Å²) < 4.78 is 60.2. The lowest BCUT2D eigenvalue weighted by molar-refractivity contribution is 0.567. The summed E-state index contributed by atoms with van der Waals surface area (Å²) in [6.07, 6.45) is 0. The summed E-state index contributed by atoms with van der Waals surface area (Å²) in [4.78, 5) is 4.12. The number of hydrogen-bond donors (Lipinski definition) is 1. The molecule has 0 saturated heterocycles. The number of hydrogen-bond acceptors (Lipinski definition) is 5. The Bertz CT molecular complexity index is 1320. The van der Waals surface area contributed by atoms with Gasteiger partial charge in [-0.25, -0.2) is 17.2 Å². The second kappa shape index (κ2) is 8.60. The Balaban J connectivity index is 1.77. The van der Waals surface area contributed by atoms with Crippen LogP contribution in [0.15, 0.2) is 91.6 Å². The average molecular weight is 505 g/mol. The highest BCUT2D eigenvalue weighted by Gasteiger charge is 2.29. The van der Waals surface area contributed by atoms with Gasteiger partial charge < -0.3 is 9.73 Å². The van der Waals surface area contributed by atoms with Gasteiger partial charge in [0.1, 0.15) is 11.6 Å². The molecule has 0 unspecified atom stereocenters. The maximum Gasteiger partial charge on any atom is 0.234 e. The molecule has 1 N–H and O–H groups in total. The first-order valence-electron chi connectivity index (χ1n) is 9.09. The van der Waals surface area contributed by atoms with Crippen molar-refractivity contribution in [1.29, 1.82) is 0 Å². The summed E-state index contributed by atoms with van der Waals surface area (Å²) in [6.45, 7) is 0.148. The number of oxazole rings is 1. The fraction of sp³-hybridized carbons (Fsp3) is 0.0455. The summed E-state index contributed by atoms with van der Waals surface area (Å²) in [6, 6.07) is 17.5. The Labute approximate surface area is 185 Å². The van der Waals surface area contributed by atoms with Crippen molar-refractivity contribution in [1.82, 2.24) is 4.98 Å². The largest absolute Gasteiger partial charge is 0.419 e. The highest BCUT2D eigenvalue weighted by atomic mass is 79.9. The van der Waals surface area contributed by atoms with Crippen LogP contribution in [0.1, 0.15) is 5.56 Å². The van der Waals surface area contributed by atoms with Crippen LogP contribution in [0.5, 0.6) is 0 Å². The third-order valence-electron chi connectivity index (χ3n) is 4.45. The van der Waals surface area contributed by atoms with Gasteiger partial charge in [-0.15, -0.1) is 0 Å². The van der Waals surface area contributed by atoms with E-state index in [1.165, 1.54) is 42.5 Å². The summed E-state index contributed by atoms with van der Waals surface area (Å²) in [5.41, 5.74) is 0.724. The van der Waals surface area contributed by atoms with E-state index in [0.29, 0.717) is 10.0 Å². The van der Waals surface area contributed by atoms with Gasteiger partial charge in [-0.3, -0.25) is 0 Å². The molecule has 0 fully saturated rings. The average Bonchev–Trinajstić information content (AvgIpc) is 3.19. The van der Waals surface area contributed by atoms with E-state index in [1.807, 2.05) is 0 Å². The van der Waals surface area contributed by atoms with Crippen LogP contribution in [0.4, 0.5) is 14.7 Å². The molecule has 5 nitrogen and oxygen atoms in total. The first kappa shape index (κ1) is 21.2. The number of benzene rings is 3. The van der Waals surface area contributed by atoms with Gasteiger partial charge in [-0.05, 0) is 54.1 Å². The van der Waals surface area contributed by atoms with Crippen molar-refractivity contribution in [2.75, 3.05) is 5.32 Å². The third-order valence-corrected chi connectivity index (χ3v) is 6.65. The van der Waals surface area contributed by atoms with Gasteiger partial charge in [0.2, 0.25) is 26.6 Å². The normalized spacial score (nSPS) is 11.5. The molecule has 0 saturated carbocycles. The molecule has 1 aromatic heterocycles. The number of anilines is 1. The summed E-state index contributed by atoms with van der Waals surface area (Å²) in [5.74, 6) is -1.29. The third kappa shape index (κ3) is 4.52. The number of halogens is 3. The van der Waals surface area contributed by atoms with E-state index in [2.05, 4.69) is 26.2 Å². The van der Waals surface area contributed by atoms with Crippen molar-refractivity contribution in [3.8, 4) is 11.5 Å². The maximum atomic E-state index is 14.3. The molecular formula is C22H15BrF2N2O3S. The quantitative estimate of drug-likeness (QED) is 0.357. The monoisotopic (exact) mass is 504 g/mol. The van der Waals surface area contributed by atoms with Crippen LogP contribution in [0, 0.1) is 11.6 Å². The van der Waals surface area contributed by atoms with Crippen LogP contribution in [0.25, 0.3) is 11.5 Å². The maximum absolute atomic E-state index is 14.3. The van der Waals surface area contributed by atoms with E-state index >= 15 is 0 Å². The van der Waals surface area contributed by atoms with Gasteiger partial charge in [-0.2, -0.15) is 4.98 Å². The molecule has 0 amide bonds. The van der Waals surface area contributed by atoms with E-state index in [-0.39, 0.29) is 39.6 Å². The van der Waals surface area contributed by atoms with E-state index in [4.69, 9.17) is 4.42 Å². The minimum Gasteiger partial charge on any atom is -0.419 e. The Morgan fingerprint density at radius 2 is 1.61 bits per heavy atom. The lowest BCUT2D eigenvalue weighted by atomic mass is 10.2. The van der Waals surface area contributed by atoms with Crippen LogP contribution in [0.3, 0.4) is 0 Å². The molecule has 31 heavy (non-hydrogen) atoms. The summed E-state index contributed by atoms with van der Waals surface area (Å²) in [7, 11) is -4.07. The SMILES string of the molecule is O=S(=O)(c1ccc(Br)cc1)c1nc(-c2ccccc2F)oc1NCc1ccc(F)cc1. The lowest BCUT2D eigenvalue weighted by Gasteiger charge is -2.06. The van der Waals surface area contributed by atoms with Crippen molar-refractivity contribution in [3.05, 3.63) is 94.5 Å². The van der Waals surface area contributed by atoms with Crippen LogP contribution < -0.4 is 5.32 Å². The molecule has 0 aliphatic carbocycles. The molecule has 1 heterocycles. The molecule has 3 aromatic carbocycles. The highest BCUT2D eigenvalue weighted by Crippen LogP contribution is 2.33. The van der Waals surface area contributed by atoms with Crippen molar-refractivity contribution >= 4 is 31.7 Å². The van der Waals surface area contributed by atoms with Gasteiger partial charge in [0, 0.05) is 11.0 Å². The molecule has 0 radical (unpaired) electrons. The second-order valence-electron chi connectivity index (χ2n) is 6.57. The molecule has 0 aliphatic rings. The van der Waals surface area contributed by atoms with Crippen LogP contribution in [0.2, 0.25) is 0 Å². The minimum absolute atomic E-state index is 0.00826. The predicted octanol–water partition coefficient (Wildman–Crippen LogP) is 5.83. The number of nitrogens with one attached hydrogen (secondary N) is 1. The molecule has 0 aliphatic heterocycles. The topological polar surface area (TPSA) is 72.2 Å². The Morgan fingerprint density at radius 3 is 2.29 bits per heavy atom. The molecule has 4 aromatic rings. The number of sulfone groups is 1. The zero-order valence-electron chi connectivity index (χ0n) is 15.8. The smallest absolute Gasteiger partial charge is 0.234 e. The molecular weight excluding hydrogens is 490 g/mol. The lowest BCUT2D eigenvalue weighted by Crippen LogP contribution is -2.07. The Morgan fingerprint density at radius 1 is 0.935 bits per heavy atom. The van der Waals surface area contributed by atoms with Crippen molar-refractivity contribution in [3.63, 3.8) is 0 Å². The second-order valence-corrected chi connectivity index (χ2v) is 9.35. The van der Waals surface area contributed by atoms with E-state index in [0.717, 1.165) is 0 Å². The van der Waals surface area contributed by atoms with Crippen LogP contribution in [-0.2, 0) is 16.4 Å². The first-order chi connectivity index (χ1) is 14.8. The van der Waals surface area contributed by atoms with Gasteiger partial charge in [0.15, 0.2) is 0 Å². The van der Waals surface area contributed by atoms with Crippen LogP contribution in [-0.4, -0.2) is 13.4 Å². The number of nitrogens with zero attached hydrogens (tertiary/aromatic N) is 1. The minimum atomic E-state index is -4.07. The summed E-state index contributed by atoms with van der Waals surface area (Å²) in [5, 5.41) is 2.52. The van der Waals surface area contributed by atoms with Crippen molar-refractivity contribution in [2.24, 2.45) is 0 Å².